The van der Waals surface area contributed by atoms with Crippen LogP contribution in [0.1, 0.15) is 99.0 Å². The van der Waals surface area contributed by atoms with Gasteiger partial charge in [0.2, 0.25) is 5.91 Å². The lowest BCUT2D eigenvalue weighted by atomic mass is 9.75. The summed E-state index contributed by atoms with van der Waals surface area (Å²) in [5.41, 5.74) is 1.09. The van der Waals surface area contributed by atoms with E-state index in [-0.39, 0.29) is 37.8 Å². The van der Waals surface area contributed by atoms with E-state index in [1.807, 2.05) is 49.3 Å². The number of nitrogens with zero attached hydrogens (tertiary/aromatic N) is 4. The summed E-state index contributed by atoms with van der Waals surface area (Å²) in [4.78, 5) is 40.7. The highest BCUT2D eigenvalue weighted by atomic mass is 16.7. The van der Waals surface area contributed by atoms with Crippen LogP contribution < -0.4 is 5.48 Å². The van der Waals surface area contributed by atoms with Crippen LogP contribution in [0.15, 0.2) is 30.5 Å². The third-order valence-electron chi connectivity index (χ3n) is 13.0. The van der Waals surface area contributed by atoms with Crippen molar-refractivity contribution in [2.24, 2.45) is 23.7 Å². The van der Waals surface area contributed by atoms with Gasteiger partial charge in [-0.15, -0.1) is 5.10 Å². The zero-order valence-electron chi connectivity index (χ0n) is 36.3. The van der Waals surface area contributed by atoms with E-state index in [0.29, 0.717) is 31.6 Å². The molecule has 14 atom stereocenters. The molecule has 1 aromatic heterocycles. The molecule has 0 radical (unpaired) electrons. The van der Waals surface area contributed by atoms with Gasteiger partial charge in [0.25, 0.3) is 0 Å². The number of amides is 1. The number of hydrogen-bond acceptors (Lipinski definition) is 15. The summed E-state index contributed by atoms with van der Waals surface area (Å²) in [6, 6.07) is 7.53. The number of fused-ring (bicyclic) bond motifs is 2. The summed E-state index contributed by atoms with van der Waals surface area (Å²) >= 11 is 0. The molecule has 5 rings (SSSR count). The number of ketones is 1. The molecule has 336 valence electrons. The van der Waals surface area contributed by atoms with E-state index < -0.39 is 89.6 Å². The first-order valence-electron chi connectivity index (χ1n) is 21.4. The number of nitrogens with one attached hydrogen (secondary N) is 1. The lowest BCUT2D eigenvalue weighted by molar-refractivity contribution is -0.299. The Morgan fingerprint density at radius 1 is 1.07 bits per heavy atom. The highest BCUT2D eigenvalue weighted by Gasteiger charge is 2.55. The van der Waals surface area contributed by atoms with E-state index in [9.17, 15) is 34.8 Å². The number of aliphatic hydroxyl groups is 4. The minimum atomic E-state index is -1.95. The predicted molar refractivity (Wildman–Crippen MR) is 217 cm³/mol. The maximum absolute atomic E-state index is 13.9. The van der Waals surface area contributed by atoms with Crippen LogP contribution in [0.2, 0.25) is 0 Å². The maximum Gasteiger partial charge on any atom is 0.311 e. The second-order valence-electron chi connectivity index (χ2n) is 17.9. The van der Waals surface area contributed by atoms with Gasteiger partial charge in [-0.1, -0.05) is 50.6 Å². The van der Waals surface area contributed by atoms with Gasteiger partial charge in [0.15, 0.2) is 6.29 Å². The molecule has 60 heavy (non-hydrogen) atoms. The summed E-state index contributed by atoms with van der Waals surface area (Å²) < 4.78 is 26.8. The van der Waals surface area contributed by atoms with Crippen LogP contribution in [0, 0.1) is 23.7 Å². The fourth-order valence-corrected chi connectivity index (χ4v) is 9.25. The molecular formula is C43H67N5O12. The second-order valence-corrected chi connectivity index (χ2v) is 17.9. The zero-order valence-corrected chi connectivity index (χ0v) is 36.3. The molecule has 2 aromatic rings. The van der Waals surface area contributed by atoms with Crippen LogP contribution >= 0.6 is 0 Å². The number of carbonyl (C=O) groups is 3. The molecule has 3 fully saturated rings. The van der Waals surface area contributed by atoms with Crippen molar-refractivity contribution < 1.29 is 59.0 Å². The van der Waals surface area contributed by atoms with E-state index in [4.69, 9.17) is 24.2 Å². The van der Waals surface area contributed by atoms with Crippen molar-refractivity contribution in [3.05, 3.63) is 36.0 Å². The van der Waals surface area contributed by atoms with Crippen molar-refractivity contribution in [2.75, 3.05) is 13.7 Å². The monoisotopic (exact) mass is 845 g/mol. The number of aryl methyl sites for hydroxylation is 1. The van der Waals surface area contributed by atoms with Crippen LogP contribution in [-0.4, -0.2) is 137 Å². The minimum Gasteiger partial charge on any atom is -0.459 e. The van der Waals surface area contributed by atoms with Gasteiger partial charge in [0.05, 0.1) is 48.7 Å². The molecule has 0 unspecified atom stereocenters. The van der Waals surface area contributed by atoms with E-state index in [1.54, 1.807) is 37.9 Å². The van der Waals surface area contributed by atoms with Crippen molar-refractivity contribution in [3.63, 3.8) is 0 Å². The van der Waals surface area contributed by atoms with Crippen molar-refractivity contribution in [1.29, 1.82) is 0 Å². The van der Waals surface area contributed by atoms with Crippen LogP contribution in [0.3, 0.4) is 0 Å². The molecule has 17 heteroatoms. The number of aromatic nitrogens is 3. The summed E-state index contributed by atoms with van der Waals surface area (Å²) in [6.07, 6.45) is -2.41. The Hall–Kier alpha value is -3.39. The van der Waals surface area contributed by atoms with Gasteiger partial charge in [0, 0.05) is 48.9 Å². The first-order valence-corrected chi connectivity index (χ1v) is 21.4. The molecule has 4 heterocycles. The normalized spacial score (nSPS) is 36.8. The zero-order chi connectivity index (χ0) is 44.1. The predicted octanol–water partition coefficient (Wildman–Crippen LogP) is 2.77. The van der Waals surface area contributed by atoms with Crippen molar-refractivity contribution in [1.82, 2.24) is 25.4 Å². The Bertz CT molecular complexity index is 1760. The molecule has 17 nitrogen and oxygen atoms in total. The number of Topliss-reactive ketones (excluding diaryl/α,β-unsaturated/α-hetero) is 1. The molecular weight excluding hydrogens is 778 g/mol. The Morgan fingerprint density at radius 3 is 2.50 bits per heavy atom. The van der Waals surface area contributed by atoms with Gasteiger partial charge in [-0.2, -0.15) is 0 Å². The fourth-order valence-electron chi connectivity index (χ4n) is 9.25. The molecule has 3 aliphatic rings. The summed E-state index contributed by atoms with van der Waals surface area (Å²) in [5, 5.41) is 63.7. The van der Waals surface area contributed by atoms with E-state index in [2.05, 4.69) is 10.3 Å². The third-order valence-corrected chi connectivity index (χ3v) is 13.0. The van der Waals surface area contributed by atoms with Gasteiger partial charge < -0.3 is 39.4 Å². The van der Waals surface area contributed by atoms with Gasteiger partial charge in [-0.3, -0.25) is 29.2 Å². The SMILES string of the molecule is CC[C@H]1OC(=O)[C@H](C)[C@@H](O)[C@H](C)[C@@H](O[C@@H]2O[C@H](C)C[C@H](N(C)Cc3cccc(-c4cn(CCCCCC(=O)NO)nn4)c3)[C@H]2O)[C@@]2(C)C[C@@H](CO2)C(=O)[C@H](C)[C@@H](O)[C@]1(C)O. The fraction of sp³-hybridized carbons (Fsp3) is 0.744. The molecule has 0 saturated carbocycles. The Balaban J connectivity index is 1.31. The van der Waals surface area contributed by atoms with Crippen LogP contribution in [0.5, 0.6) is 0 Å². The molecule has 3 aliphatic heterocycles. The highest BCUT2D eigenvalue weighted by Crippen LogP contribution is 2.43. The van der Waals surface area contributed by atoms with Gasteiger partial charge in [0.1, 0.15) is 29.3 Å². The first-order chi connectivity index (χ1) is 28.3. The van der Waals surface area contributed by atoms with E-state index in [1.165, 1.54) is 13.8 Å². The van der Waals surface area contributed by atoms with Gasteiger partial charge >= 0.3 is 5.97 Å². The van der Waals surface area contributed by atoms with Gasteiger partial charge in [-0.25, -0.2) is 5.48 Å². The summed E-state index contributed by atoms with van der Waals surface area (Å²) in [7, 11) is 1.92. The Labute approximate surface area is 352 Å². The minimum absolute atomic E-state index is 0.0119. The largest absolute Gasteiger partial charge is 0.459 e. The van der Waals surface area contributed by atoms with E-state index >= 15 is 0 Å². The number of esters is 1. The third kappa shape index (κ3) is 10.8. The first kappa shape index (κ1) is 47.7. The number of hydroxylamine groups is 1. The van der Waals surface area contributed by atoms with Crippen LogP contribution in [0.25, 0.3) is 11.3 Å². The number of unbranched alkanes of at least 4 members (excludes halogenated alkanes) is 2. The quantitative estimate of drug-likeness (QED) is 0.0736. The number of hydrogen-bond donors (Lipinski definition) is 6. The number of likely N-dealkylation sites (N-methyl/N-ethyl adjacent to an activating group) is 1. The number of carbonyl (C=O) groups excluding carboxylic acids is 3. The summed E-state index contributed by atoms with van der Waals surface area (Å²) in [5.74, 6) is -5.05. The smallest absolute Gasteiger partial charge is 0.311 e. The summed E-state index contributed by atoms with van der Waals surface area (Å²) in [6.45, 7) is 12.7. The number of cyclic esters (lactones) is 1. The average Bonchev–Trinajstić information content (AvgIpc) is 3.87. The Morgan fingerprint density at radius 2 is 1.80 bits per heavy atom. The highest BCUT2D eigenvalue weighted by molar-refractivity contribution is 5.84. The van der Waals surface area contributed by atoms with E-state index in [0.717, 1.165) is 24.0 Å². The lowest BCUT2D eigenvalue weighted by Crippen LogP contribution is -2.59. The molecule has 1 amide bonds. The molecule has 1 aromatic carbocycles. The standard InChI is InChI=1S/C43H67N5O12/c1-9-33-43(7,55)38(53)25(3)36(51)30-20-42(6,57-23-30)39(26(4)35(50)27(5)40(54)59-33)60-41-37(52)32(18-24(2)58-41)47(8)21-28-14-13-15-29(19-28)31-22-48(46-44-31)17-12-10-11-16-34(49)45-56/h13-15,19,22,24-27,30,32-33,35,37-39,41,50,52-53,55-56H,9-12,16-18,20-21,23H2,1-8H3,(H,45,49)/t24-,25+,26+,27-,30+,32+,33-,35+,37-,38-,39-,41+,42-,43-/m1/s1. The molecule has 6 N–H and O–H groups in total. The van der Waals surface area contributed by atoms with Crippen LogP contribution in [-0.2, 0) is 46.4 Å². The topological polar surface area (TPSA) is 235 Å². The maximum atomic E-state index is 13.9. The molecule has 0 aliphatic carbocycles. The number of rotatable bonds is 13. The molecule has 3 saturated heterocycles. The van der Waals surface area contributed by atoms with Crippen LogP contribution in [0.4, 0.5) is 0 Å². The number of ether oxygens (including phenoxy) is 4. The number of aliphatic hydroxyl groups excluding tert-OH is 3. The average molecular weight is 846 g/mol. The van der Waals surface area contributed by atoms with Gasteiger partial charge in [-0.05, 0) is 78.5 Å². The molecule has 2 bridgehead atoms. The molecule has 0 spiro atoms. The van der Waals surface area contributed by atoms with Crippen molar-refractivity contribution in [3.8, 4) is 11.3 Å². The van der Waals surface area contributed by atoms with Crippen molar-refractivity contribution in [2.45, 2.75) is 167 Å². The Kier molecular flexibility index (Phi) is 16.0. The van der Waals surface area contributed by atoms with Crippen molar-refractivity contribution >= 4 is 17.7 Å². The second kappa shape index (κ2) is 20.2. The lowest BCUT2D eigenvalue weighted by Gasteiger charge is -2.47. The number of benzene rings is 1.